The zero-order valence-electron chi connectivity index (χ0n) is 14.0. The highest BCUT2D eigenvalue weighted by Crippen LogP contribution is 2.29. The number of rotatable bonds is 5. The van der Waals surface area contributed by atoms with Crippen molar-refractivity contribution < 1.29 is 13.6 Å². The maximum Gasteiger partial charge on any atom is 0.277 e. The quantitative estimate of drug-likeness (QED) is 0.498. The third-order valence-electron chi connectivity index (χ3n) is 3.93. The van der Waals surface area contributed by atoms with Gasteiger partial charge in [0, 0.05) is 5.56 Å². The molecule has 1 atom stereocenters. The molecule has 3 aromatic rings. The number of ketones is 1. The molecule has 0 fully saturated rings. The van der Waals surface area contributed by atoms with Crippen LogP contribution in [0.3, 0.4) is 0 Å². The predicted molar refractivity (Wildman–Crippen MR) is 92.3 cm³/mol. The van der Waals surface area contributed by atoms with Crippen LogP contribution in [0.2, 0.25) is 0 Å². The number of Topliss-reactive ketones (excluding diaryl/α,β-unsaturated/α-hetero) is 1. The Kier molecular flexibility index (Phi) is 4.57. The molecule has 0 amide bonds. The minimum Gasteiger partial charge on any atom is -0.469 e. The summed E-state index contributed by atoms with van der Waals surface area (Å²) in [4.78, 5) is 12.6. The molecule has 0 saturated heterocycles. The first-order valence-corrected chi connectivity index (χ1v) is 8.49. The van der Waals surface area contributed by atoms with Gasteiger partial charge in [-0.2, -0.15) is 0 Å². The molecule has 0 saturated carbocycles. The molecule has 6 heteroatoms. The molecule has 0 aliphatic carbocycles. The molecular weight excluding hydrogens is 324 g/mol. The Morgan fingerprint density at radius 2 is 1.92 bits per heavy atom. The van der Waals surface area contributed by atoms with Crippen LogP contribution in [0.1, 0.15) is 34.2 Å². The average molecular weight is 342 g/mol. The minimum atomic E-state index is -0.314. The first-order chi connectivity index (χ1) is 11.5. The predicted octanol–water partition coefficient (Wildman–Crippen LogP) is 4.62. The van der Waals surface area contributed by atoms with E-state index in [1.165, 1.54) is 17.3 Å². The van der Waals surface area contributed by atoms with Crippen LogP contribution in [-0.2, 0) is 0 Å². The molecule has 1 aromatic carbocycles. The summed E-state index contributed by atoms with van der Waals surface area (Å²) < 4.78 is 10.9. The lowest BCUT2D eigenvalue weighted by Crippen LogP contribution is -2.13. The van der Waals surface area contributed by atoms with Crippen molar-refractivity contribution in [3.8, 4) is 11.5 Å². The van der Waals surface area contributed by atoms with E-state index < -0.39 is 0 Å². The molecule has 2 aromatic heterocycles. The lowest BCUT2D eigenvalue weighted by Gasteiger charge is -2.09. The number of carbonyl (C=O) groups excluding carboxylic acids is 1. The van der Waals surface area contributed by atoms with E-state index in [-0.39, 0.29) is 11.0 Å². The molecule has 0 N–H and O–H groups in total. The smallest absolute Gasteiger partial charge is 0.277 e. The second-order valence-electron chi connectivity index (χ2n) is 5.69. The average Bonchev–Trinajstić information content (AvgIpc) is 3.18. The van der Waals surface area contributed by atoms with E-state index in [9.17, 15) is 4.79 Å². The summed E-state index contributed by atoms with van der Waals surface area (Å²) in [6.07, 6.45) is 1.58. The fourth-order valence-corrected chi connectivity index (χ4v) is 3.07. The van der Waals surface area contributed by atoms with E-state index in [0.29, 0.717) is 16.7 Å². The van der Waals surface area contributed by atoms with Gasteiger partial charge in [0.2, 0.25) is 0 Å². The minimum absolute atomic E-state index is 0.0438. The topological polar surface area (TPSA) is 69.1 Å². The fraction of sp³-hybridized carbons (Fsp3) is 0.278. The maximum absolute atomic E-state index is 12.6. The van der Waals surface area contributed by atoms with E-state index in [2.05, 4.69) is 10.2 Å². The van der Waals surface area contributed by atoms with Gasteiger partial charge in [-0.05, 0) is 51.0 Å². The molecule has 24 heavy (non-hydrogen) atoms. The second-order valence-corrected chi connectivity index (χ2v) is 6.98. The van der Waals surface area contributed by atoms with E-state index in [4.69, 9.17) is 8.83 Å². The number of aryl methyl sites for hydroxylation is 3. The van der Waals surface area contributed by atoms with E-state index in [1.54, 1.807) is 12.3 Å². The second kappa shape index (κ2) is 6.65. The number of furan rings is 1. The van der Waals surface area contributed by atoms with Crippen LogP contribution in [0.5, 0.6) is 0 Å². The van der Waals surface area contributed by atoms with Crippen LogP contribution >= 0.6 is 11.8 Å². The molecule has 3 rings (SSSR count). The van der Waals surface area contributed by atoms with Gasteiger partial charge in [0.05, 0.1) is 17.1 Å². The molecule has 0 aliphatic heterocycles. The fourth-order valence-electron chi connectivity index (χ4n) is 2.31. The Morgan fingerprint density at radius 1 is 1.12 bits per heavy atom. The third-order valence-corrected chi connectivity index (χ3v) is 4.87. The zero-order chi connectivity index (χ0) is 17.3. The molecule has 2 heterocycles. The van der Waals surface area contributed by atoms with Crippen molar-refractivity contribution in [2.75, 3.05) is 0 Å². The monoisotopic (exact) mass is 342 g/mol. The van der Waals surface area contributed by atoms with Gasteiger partial charge in [-0.25, -0.2) is 0 Å². The Morgan fingerprint density at radius 3 is 2.58 bits per heavy atom. The maximum atomic E-state index is 12.6. The first-order valence-electron chi connectivity index (χ1n) is 7.62. The molecule has 124 valence electrons. The van der Waals surface area contributed by atoms with Crippen LogP contribution in [0, 0.1) is 20.8 Å². The summed E-state index contributed by atoms with van der Waals surface area (Å²) in [5.74, 6) is 1.16. The highest BCUT2D eigenvalue weighted by Gasteiger charge is 2.21. The summed E-state index contributed by atoms with van der Waals surface area (Å²) in [5.41, 5.74) is 3.74. The van der Waals surface area contributed by atoms with Crippen molar-refractivity contribution in [2.24, 2.45) is 0 Å². The van der Waals surface area contributed by atoms with Gasteiger partial charge >= 0.3 is 0 Å². The SMILES string of the molecule is Cc1ccc(C(=O)[C@@H](C)Sc2nnc(-c3ccoc3C)o2)cc1C. The van der Waals surface area contributed by atoms with Crippen LogP contribution in [0.4, 0.5) is 0 Å². The molecule has 0 aliphatic rings. The molecule has 0 radical (unpaired) electrons. The summed E-state index contributed by atoms with van der Waals surface area (Å²) >= 11 is 1.26. The van der Waals surface area contributed by atoms with Gasteiger partial charge in [0.25, 0.3) is 11.1 Å². The van der Waals surface area contributed by atoms with Crippen LogP contribution in [-0.4, -0.2) is 21.2 Å². The van der Waals surface area contributed by atoms with Crippen molar-refractivity contribution in [3.05, 3.63) is 53.0 Å². The number of hydrogen-bond donors (Lipinski definition) is 0. The van der Waals surface area contributed by atoms with Gasteiger partial charge in [0.15, 0.2) is 5.78 Å². The number of hydrogen-bond acceptors (Lipinski definition) is 6. The van der Waals surface area contributed by atoms with Gasteiger partial charge in [-0.3, -0.25) is 4.79 Å². The number of nitrogens with zero attached hydrogens (tertiary/aromatic N) is 2. The summed E-state index contributed by atoms with van der Waals surface area (Å²) in [7, 11) is 0. The highest BCUT2D eigenvalue weighted by atomic mass is 32.2. The molecule has 0 spiro atoms. The van der Waals surface area contributed by atoms with Crippen molar-refractivity contribution in [2.45, 2.75) is 38.2 Å². The molecule has 0 unspecified atom stereocenters. The lowest BCUT2D eigenvalue weighted by molar-refractivity contribution is 0.0993. The van der Waals surface area contributed by atoms with Gasteiger partial charge in [-0.15, -0.1) is 10.2 Å². The van der Waals surface area contributed by atoms with Crippen LogP contribution in [0.25, 0.3) is 11.5 Å². The van der Waals surface area contributed by atoms with E-state index >= 15 is 0 Å². The number of carbonyl (C=O) groups is 1. The Labute approximate surface area is 144 Å². The van der Waals surface area contributed by atoms with Gasteiger partial charge < -0.3 is 8.83 Å². The van der Waals surface area contributed by atoms with Crippen molar-refractivity contribution in [3.63, 3.8) is 0 Å². The molecule has 0 bridgehead atoms. The van der Waals surface area contributed by atoms with Crippen molar-refractivity contribution >= 4 is 17.5 Å². The zero-order valence-corrected chi connectivity index (χ0v) is 14.8. The number of benzene rings is 1. The highest BCUT2D eigenvalue weighted by molar-refractivity contribution is 8.00. The Hall–Kier alpha value is -2.34. The van der Waals surface area contributed by atoms with Crippen LogP contribution in [0.15, 0.2) is 44.6 Å². The van der Waals surface area contributed by atoms with E-state index in [1.807, 2.05) is 45.9 Å². The largest absolute Gasteiger partial charge is 0.469 e. The summed E-state index contributed by atoms with van der Waals surface area (Å²) in [5, 5.41) is 8.09. The van der Waals surface area contributed by atoms with Gasteiger partial charge in [0.1, 0.15) is 5.76 Å². The summed E-state index contributed by atoms with van der Waals surface area (Å²) in [6, 6.07) is 7.52. The van der Waals surface area contributed by atoms with Crippen LogP contribution < -0.4 is 0 Å². The van der Waals surface area contributed by atoms with Gasteiger partial charge in [-0.1, -0.05) is 23.9 Å². The van der Waals surface area contributed by atoms with Crippen molar-refractivity contribution in [1.82, 2.24) is 10.2 Å². The normalized spacial score (nSPS) is 12.3. The molecule has 5 nitrogen and oxygen atoms in total. The molecular formula is C18H18N2O3S. The lowest BCUT2D eigenvalue weighted by atomic mass is 10.0. The first kappa shape index (κ1) is 16.5. The van der Waals surface area contributed by atoms with Crippen molar-refractivity contribution in [1.29, 1.82) is 0 Å². The number of aromatic nitrogens is 2. The van der Waals surface area contributed by atoms with E-state index in [0.717, 1.165) is 16.9 Å². The third kappa shape index (κ3) is 3.28. The Balaban J connectivity index is 1.74. The number of thioether (sulfide) groups is 1. The summed E-state index contributed by atoms with van der Waals surface area (Å²) in [6.45, 7) is 7.70. The Bertz CT molecular complexity index is 882. The standard InChI is InChI=1S/C18H18N2O3S/c1-10-5-6-14(9-11(10)2)16(21)13(4)24-18-20-19-17(23-18)15-7-8-22-12(15)3/h5-9,13H,1-4H3/t13-/m1/s1.